The van der Waals surface area contributed by atoms with E-state index in [1.807, 2.05) is 6.07 Å². The molecule has 27 heavy (non-hydrogen) atoms. The number of hydrogen-bond acceptors (Lipinski definition) is 8. The summed E-state index contributed by atoms with van der Waals surface area (Å²) in [5.41, 5.74) is 1.03. The van der Waals surface area contributed by atoms with Crippen molar-refractivity contribution >= 4 is 17.6 Å². The summed E-state index contributed by atoms with van der Waals surface area (Å²) in [7, 11) is 1.18. The lowest BCUT2D eigenvalue weighted by Gasteiger charge is -2.29. The lowest BCUT2D eigenvalue weighted by Crippen LogP contribution is -2.33. The van der Waals surface area contributed by atoms with Crippen molar-refractivity contribution in [1.29, 1.82) is 5.26 Å². The first-order valence-corrected chi connectivity index (χ1v) is 8.18. The van der Waals surface area contributed by atoms with Gasteiger partial charge in [0.05, 0.1) is 30.3 Å². The number of carbonyl (C=O) groups excluding carboxylic acids is 2. The maximum atomic E-state index is 12.7. The maximum absolute atomic E-state index is 12.7. The molecule has 1 unspecified atom stereocenters. The number of benzene rings is 1. The number of nitriles is 1. The topological polar surface area (TPSA) is 118 Å². The van der Waals surface area contributed by atoms with E-state index in [1.165, 1.54) is 19.2 Å². The number of nitrogens with zero attached hydrogens (tertiary/aromatic N) is 2. The molecule has 0 fully saturated rings. The fraction of sp³-hybridized carbons (Fsp3) is 0.316. The van der Waals surface area contributed by atoms with Crippen molar-refractivity contribution in [2.24, 2.45) is 5.18 Å². The molecule has 0 amide bonds. The van der Waals surface area contributed by atoms with E-state index in [4.69, 9.17) is 9.47 Å². The normalized spacial score (nSPS) is 16.5. The van der Waals surface area contributed by atoms with E-state index in [0.29, 0.717) is 11.3 Å². The van der Waals surface area contributed by atoms with Gasteiger partial charge in [-0.2, -0.15) is 5.26 Å². The zero-order chi connectivity index (χ0) is 20.1. The number of ether oxygens (including phenoxy) is 2. The first-order chi connectivity index (χ1) is 12.8. The number of carbonyl (C=O) groups is 2. The number of allylic oxidation sites excluding steroid dienone is 2. The van der Waals surface area contributed by atoms with Crippen molar-refractivity contribution in [2.45, 2.75) is 32.8 Å². The molecule has 0 spiro atoms. The molecule has 0 radical (unpaired) electrons. The van der Waals surface area contributed by atoms with Crippen molar-refractivity contribution in [1.82, 2.24) is 5.32 Å². The van der Waals surface area contributed by atoms with E-state index in [2.05, 4.69) is 10.5 Å². The molecule has 0 aliphatic carbocycles. The molecule has 1 N–H and O–H groups in total. The quantitative estimate of drug-likeness (QED) is 0.626. The molecular formula is C19H19N3O5. The molecular weight excluding hydrogens is 350 g/mol. The highest BCUT2D eigenvalue weighted by molar-refractivity contribution is 6.00. The molecule has 0 aromatic heterocycles. The number of methoxy groups -OCH3 is 1. The number of rotatable bonds is 5. The number of dihydropyridines is 1. The molecule has 2 rings (SSSR count). The predicted octanol–water partition coefficient (Wildman–Crippen LogP) is 2.95. The summed E-state index contributed by atoms with van der Waals surface area (Å²) < 4.78 is 10.1. The average molecular weight is 369 g/mol. The summed E-state index contributed by atoms with van der Waals surface area (Å²) in [6.07, 6.45) is -0.385. The molecule has 8 heteroatoms. The molecule has 140 valence electrons. The first kappa shape index (κ1) is 19.8. The Balaban J connectivity index is 2.74. The zero-order valence-corrected chi connectivity index (χ0v) is 15.4. The van der Waals surface area contributed by atoms with Crippen LogP contribution in [0, 0.1) is 16.2 Å². The van der Waals surface area contributed by atoms with Gasteiger partial charge in [-0.05, 0) is 43.6 Å². The van der Waals surface area contributed by atoms with Crippen LogP contribution < -0.4 is 5.32 Å². The SMILES string of the molecule is COC(=O)C1=C(C#N)NC(C)=C(C(=O)OC(C)C)C1c1cccc(N=O)c1. The Morgan fingerprint density at radius 3 is 2.52 bits per heavy atom. The third-order valence-electron chi connectivity index (χ3n) is 3.95. The van der Waals surface area contributed by atoms with Crippen LogP contribution in [0.2, 0.25) is 0 Å². The number of nitroso groups, excluding NO2 is 1. The van der Waals surface area contributed by atoms with Crippen LogP contribution in [0.3, 0.4) is 0 Å². The lowest BCUT2D eigenvalue weighted by atomic mass is 9.80. The van der Waals surface area contributed by atoms with Gasteiger partial charge in [-0.3, -0.25) is 0 Å². The van der Waals surface area contributed by atoms with Gasteiger partial charge in [-0.25, -0.2) is 9.59 Å². The Kier molecular flexibility index (Phi) is 6.08. The summed E-state index contributed by atoms with van der Waals surface area (Å²) >= 11 is 0. The predicted molar refractivity (Wildman–Crippen MR) is 96.4 cm³/mol. The van der Waals surface area contributed by atoms with E-state index in [0.717, 1.165) is 0 Å². The Morgan fingerprint density at radius 1 is 1.26 bits per heavy atom. The standard InChI is InChI=1S/C19H19N3O5/c1-10(2)27-19(24)15-11(3)21-14(9-20)17(18(23)26-4)16(15)12-6-5-7-13(8-12)22-25/h5-8,10,16,21H,1-4H3. The van der Waals surface area contributed by atoms with Crippen LogP contribution in [0.25, 0.3) is 0 Å². The first-order valence-electron chi connectivity index (χ1n) is 8.18. The fourth-order valence-electron chi connectivity index (χ4n) is 2.89. The Bertz CT molecular complexity index is 893. The summed E-state index contributed by atoms with van der Waals surface area (Å²) in [5.74, 6) is -2.35. The summed E-state index contributed by atoms with van der Waals surface area (Å²) in [4.78, 5) is 36.1. The van der Waals surface area contributed by atoms with Crippen LogP contribution >= 0.6 is 0 Å². The van der Waals surface area contributed by atoms with Gasteiger partial charge in [0, 0.05) is 5.70 Å². The molecule has 0 saturated carbocycles. The smallest absolute Gasteiger partial charge is 0.337 e. The van der Waals surface area contributed by atoms with Gasteiger partial charge < -0.3 is 14.8 Å². The van der Waals surface area contributed by atoms with Gasteiger partial charge in [0.2, 0.25) is 0 Å². The zero-order valence-electron chi connectivity index (χ0n) is 15.4. The van der Waals surface area contributed by atoms with E-state index < -0.39 is 17.9 Å². The van der Waals surface area contributed by atoms with Gasteiger partial charge in [0.15, 0.2) is 0 Å². The number of hydrogen-bond donors (Lipinski definition) is 1. The molecule has 0 saturated heterocycles. The highest BCUT2D eigenvalue weighted by atomic mass is 16.5. The van der Waals surface area contributed by atoms with Crippen LogP contribution in [0.15, 0.2) is 52.0 Å². The van der Waals surface area contributed by atoms with Crippen LogP contribution in [-0.4, -0.2) is 25.2 Å². The minimum Gasteiger partial charge on any atom is -0.466 e. The maximum Gasteiger partial charge on any atom is 0.337 e. The monoisotopic (exact) mass is 369 g/mol. The van der Waals surface area contributed by atoms with Crippen molar-refractivity contribution in [3.8, 4) is 6.07 Å². The van der Waals surface area contributed by atoms with E-state index >= 15 is 0 Å². The molecule has 1 aromatic carbocycles. The second-order valence-electron chi connectivity index (χ2n) is 6.13. The van der Waals surface area contributed by atoms with Gasteiger partial charge in [-0.1, -0.05) is 12.1 Å². The molecule has 1 aromatic rings. The molecule has 0 bridgehead atoms. The van der Waals surface area contributed by atoms with Crippen LogP contribution in [0.5, 0.6) is 0 Å². The van der Waals surface area contributed by atoms with Gasteiger partial charge in [0.1, 0.15) is 17.5 Å². The summed E-state index contributed by atoms with van der Waals surface area (Å²) in [6, 6.07) is 8.09. The Morgan fingerprint density at radius 2 is 1.96 bits per heavy atom. The van der Waals surface area contributed by atoms with Crippen LogP contribution in [-0.2, 0) is 19.1 Å². The Hall–Kier alpha value is -3.47. The third kappa shape index (κ3) is 4.03. The summed E-state index contributed by atoms with van der Waals surface area (Å²) in [5, 5.41) is 15.1. The van der Waals surface area contributed by atoms with E-state index in [1.54, 1.807) is 32.9 Å². The Labute approximate surface area is 156 Å². The second kappa shape index (κ2) is 8.27. The number of esters is 2. The fourth-order valence-corrected chi connectivity index (χ4v) is 2.89. The molecule has 1 aliphatic rings. The highest BCUT2D eigenvalue weighted by Gasteiger charge is 2.39. The van der Waals surface area contributed by atoms with E-state index in [-0.39, 0.29) is 28.6 Å². The third-order valence-corrected chi connectivity index (χ3v) is 3.95. The van der Waals surface area contributed by atoms with Gasteiger partial charge in [-0.15, -0.1) is 4.91 Å². The summed E-state index contributed by atoms with van der Waals surface area (Å²) in [6.45, 7) is 5.01. The van der Waals surface area contributed by atoms with Gasteiger partial charge >= 0.3 is 11.9 Å². The van der Waals surface area contributed by atoms with Crippen molar-refractivity contribution < 1.29 is 19.1 Å². The van der Waals surface area contributed by atoms with E-state index in [9.17, 15) is 19.8 Å². The second-order valence-corrected chi connectivity index (χ2v) is 6.13. The highest BCUT2D eigenvalue weighted by Crippen LogP contribution is 2.40. The lowest BCUT2D eigenvalue weighted by molar-refractivity contribution is -0.143. The number of nitrogens with one attached hydrogen (secondary N) is 1. The molecule has 8 nitrogen and oxygen atoms in total. The largest absolute Gasteiger partial charge is 0.466 e. The van der Waals surface area contributed by atoms with Crippen molar-refractivity contribution in [3.63, 3.8) is 0 Å². The average Bonchev–Trinajstić information content (AvgIpc) is 2.65. The minimum absolute atomic E-state index is 0.0325. The van der Waals surface area contributed by atoms with Gasteiger partial charge in [0.25, 0.3) is 0 Å². The van der Waals surface area contributed by atoms with Crippen LogP contribution in [0.4, 0.5) is 5.69 Å². The molecule has 1 heterocycles. The minimum atomic E-state index is -0.943. The molecule has 1 atom stereocenters. The van der Waals surface area contributed by atoms with Crippen molar-refractivity contribution in [2.75, 3.05) is 7.11 Å². The molecule has 1 aliphatic heterocycles. The van der Waals surface area contributed by atoms with Crippen LogP contribution in [0.1, 0.15) is 32.3 Å². The van der Waals surface area contributed by atoms with Crippen molar-refractivity contribution in [3.05, 3.63) is 57.3 Å².